The van der Waals surface area contributed by atoms with Crippen LogP contribution >= 0.6 is 11.3 Å². The summed E-state index contributed by atoms with van der Waals surface area (Å²) >= 11 is 1.83. The van der Waals surface area contributed by atoms with Crippen LogP contribution < -0.4 is 0 Å². The maximum atomic E-state index is 9.39. The summed E-state index contributed by atoms with van der Waals surface area (Å²) in [6, 6.07) is 2.27. The lowest BCUT2D eigenvalue weighted by Gasteiger charge is -2.06. The Kier molecular flexibility index (Phi) is 2.70. The number of hydrogen-bond donors (Lipinski definition) is 1. The Morgan fingerprint density at radius 1 is 1.54 bits per heavy atom. The van der Waals surface area contributed by atoms with Crippen LogP contribution in [0.25, 0.3) is 0 Å². The second-order valence-corrected chi connectivity index (χ2v) is 5.22. The van der Waals surface area contributed by atoms with Crippen LogP contribution in [0.5, 0.6) is 0 Å². The van der Waals surface area contributed by atoms with E-state index >= 15 is 0 Å². The number of thiophene rings is 1. The van der Waals surface area contributed by atoms with Crippen LogP contribution in [0, 0.1) is 12.8 Å². The van der Waals surface area contributed by atoms with Gasteiger partial charge in [0.15, 0.2) is 0 Å². The Morgan fingerprint density at radius 2 is 2.38 bits per heavy atom. The van der Waals surface area contributed by atoms with E-state index in [0.717, 1.165) is 18.8 Å². The Balaban J connectivity index is 1.91. The van der Waals surface area contributed by atoms with Crippen LogP contribution in [0.3, 0.4) is 0 Å². The molecule has 0 radical (unpaired) electrons. The van der Waals surface area contributed by atoms with E-state index in [-0.39, 0.29) is 6.10 Å². The van der Waals surface area contributed by atoms with Crippen LogP contribution in [0.2, 0.25) is 0 Å². The number of aliphatic hydroxyl groups excluding tert-OH is 1. The Bertz CT molecular complexity index is 279. The molecule has 0 aliphatic heterocycles. The van der Waals surface area contributed by atoms with E-state index in [1.54, 1.807) is 0 Å². The first-order valence-electron chi connectivity index (χ1n) is 4.96. The Hall–Kier alpha value is -0.340. The van der Waals surface area contributed by atoms with E-state index in [0.29, 0.717) is 0 Å². The summed E-state index contributed by atoms with van der Waals surface area (Å²) < 4.78 is 0. The summed E-state index contributed by atoms with van der Waals surface area (Å²) in [6.07, 6.45) is 4.37. The van der Waals surface area contributed by atoms with Gasteiger partial charge in [-0.1, -0.05) is 0 Å². The lowest BCUT2D eigenvalue weighted by Crippen LogP contribution is -2.02. The van der Waals surface area contributed by atoms with Crippen molar-refractivity contribution in [3.05, 3.63) is 21.9 Å². The predicted octanol–water partition coefficient (Wildman–Crippen LogP) is 2.76. The van der Waals surface area contributed by atoms with Gasteiger partial charge in [0.1, 0.15) is 0 Å². The molecule has 2 atom stereocenters. The topological polar surface area (TPSA) is 20.2 Å². The van der Waals surface area contributed by atoms with Crippen LogP contribution in [0.4, 0.5) is 0 Å². The molecule has 1 heterocycles. The molecule has 2 heteroatoms. The zero-order chi connectivity index (χ0) is 9.26. The number of aryl methyl sites for hydroxylation is 1. The lowest BCUT2D eigenvalue weighted by molar-refractivity contribution is 0.177. The predicted molar refractivity (Wildman–Crippen MR) is 56.1 cm³/mol. The molecule has 1 saturated carbocycles. The Morgan fingerprint density at radius 3 is 2.92 bits per heavy atom. The molecule has 0 aromatic carbocycles. The van der Waals surface area contributed by atoms with Crippen LogP contribution in [0.15, 0.2) is 11.4 Å². The molecule has 1 nitrogen and oxygen atoms in total. The molecule has 0 saturated heterocycles. The number of aliphatic hydroxyl groups is 1. The highest BCUT2D eigenvalue weighted by molar-refractivity contribution is 7.10. The molecule has 0 spiro atoms. The summed E-state index contributed by atoms with van der Waals surface area (Å²) in [6.45, 7) is 2.15. The zero-order valence-electron chi connectivity index (χ0n) is 7.99. The van der Waals surface area contributed by atoms with Gasteiger partial charge in [0, 0.05) is 4.88 Å². The van der Waals surface area contributed by atoms with Crippen molar-refractivity contribution < 1.29 is 5.11 Å². The summed E-state index contributed by atoms with van der Waals surface area (Å²) in [7, 11) is 0. The monoisotopic (exact) mass is 196 g/mol. The highest BCUT2D eigenvalue weighted by atomic mass is 32.1. The molecule has 13 heavy (non-hydrogen) atoms. The average Bonchev–Trinajstić information content (AvgIpc) is 2.62. The van der Waals surface area contributed by atoms with E-state index in [1.807, 2.05) is 11.3 Å². The molecular weight excluding hydrogens is 180 g/mol. The highest BCUT2D eigenvalue weighted by Gasteiger charge is 2.22. The number of rotatable bonds is 2. The summed E-state index contributed by atoms with van der Waals surface area (Å²) in [4.78, 5) is 1.40. The second-order valence-electron chi connectivity index (χ2n) is 4.10. The molecule has 72 valence electrons. The van der Waals surface area contributed by atoms with Gasteiger partial charge in [-0.05, 0) is 55.5 Å². The van der Waals surface area contributed by atoms with E-state index in [9.17, 15) is 5.11 Å². The maximum absolute atomic E-state index is 9.39. The van der Waals surface area contributed by atoms with Crippen LogP contribution in [-0.4, -0.2) is 11.2 Å². The van der Waals surface area contributed by atoms with Gasteiger partial charge in [-0.3, -0.25) is 0 Å². The second kappa shape index (κ2) is 3.81. The smallest absolute Gasteiger partial charge is 0.0543 e. The molecule has 1 N–H and O–H groups in total. The summed E-state index contributed by atoms with van der Waals surface area (Å²) in [5.41, 5.74) is 1.46. The molecule has 1 aromatic heterocycles. The minimum absolute atomic E-state index is 0.0234. The fourth-order valence-corrected chi connectivity index (χ4v) is 2.89. The molecule has 2 rings (SSSR count). The highest BCUT2D eigenvalue weighted by Crippen LogP contribution is 2.29. The van der Waals surface area contributed by atoms with Gasteiger partial charge in [-0.15, -0.1) is 11.3 Å². The third kappa shape index (κ3) is 2.32. The molecule has 1 aromatic rings. The molecule has 1 fully saturated rings. The zero-order valence-corrected chi connectivity index (χ0v) is 8.81. The van der Waals surface area contributed by atoms with Gasteiger partial charge in [0.05, 0.1) is 6.10 Å². The van der Waals surface area contributed by atoms with Crippen molar-refractivity contribution in [2.45, 2.75) is 38.7 Å². The normalized spacial score (nSPS) is 28.2. The van der Waals surface area contributed by atoms with Crippen molar-refractivity contribution in [3.8, 4) is 0 Å². The minimum Gasteiger partial charge on any atom is -0.393 e. The third-order valence-electron chi connectivity index (χ3n) is 2.82. The SMILES string of the molecule is Cc1cc(CC2CCC(O)C2)cs1. The van der Waals surface area contributed by atoms with E-state index < -0.39 is 0 Å². The van der Waals surface area contributed by atoms with E-state index in [1.165, 1.54) is 23.3 Å². The van der Waals surface area contributed by atoms with Crippen molar-refractivity contribution in [2.24, 2.45) is 5.92 Å². The fraction of sp³-hybridized carbons (Fsp3) is 0.636. The van der Waals surface area contributed by atoms with Crippen molar-refractivity contribution in [3.63, 3.8) is 0 Å². The van der Waals surface area contributed by atoms with Crippen molar-refractivity contribution >= 4 is 11.3 Å². The summed E-state index contributed by atoms with van der Waals surface area (Å²) in [5, 5.41) is 11.6. The average molecular weight is 196 g/mol. The standard InChI is InChI=1S/C11H16OS/c1-8-4-10(7-13-8)5-9-2-3-11(12)6-9/h4,7,9,11-12H,2-3,5-6H2,1H3. The van der Waals surface area contributed by atoms with Crippen molar-refractivity contribution in [1.82, 2.24) is 0 Å². The minimum atomic E-state index is -0.0234. The first-order chi connectivity index (χ1) is 6.24. The van der Waals surface area contributed by atoms with Crippen LogP contribution in [0.1, 0.15) is 29.7 Å². The van der Waals surface area contributed by atoms with E-state index in [4.69, 9.17) is 0 Å². The first-order valence-corrected chi connectivity index (χ1v) is 5.84. The van der Waals surface area contributed by atoms with Crippen molar-refractivity contribution in [2.75, 3.05) is 0 Å². The van der Waals surface area contributed by atoms with Gasteiger partial charge in [-0.2, -0.15) is 0 Å². The Labute approximate surface area is 83.4 Å². The van der Waals surface area contributed by atoms with Gasteiger partial charge >= 0.3 is 0 Å². The molecular formula is C11H16OS. The van der Waals surface area contributed by atoms with Gasteiger partial charge in [0.2, 0.25) is 0 Å². The summed E-state index contributed by atoms with van der Waals surface area (Å²) in [5.74, 6) is 0.726. The maximum Gasteiger partial charge on any atom is 0.0543 e. The third-order valence-corrected chi connectivity index (χ3v) is 3.73. The molecule has 1 aliphatic carbocycles. The van der Waals surface area contributed by atoms with Gasteiger partial charge in [-0.25, -0.2) is 0 Å². The van der Waals surface area contributed by atoms with Gasteiger partial charge < -0.3 is 5.11 Å². The molecule has 0 amide bonds. The first kappa shape index (κ1) is 9.22. The lowest BCUT2D eigenvalue weighted by atomic mass is 10.00. The fourth-order valence-electron chi connectivity index (χ4n) is 2.17. The largest absolute Gasteiger partial charge is 0.393 e. The van der Waals surface area contributed by atoms with E-state index in [2.05, 4.69) is 18.4 Å². The molecule has 2 unspecified atom stereocenters. The van der Waals surface area contributed by atoms with Crippen LogP contribution in [-0.2, 0) is 6.42 Å². The number of hydrogen-bond acceptors (Lipinski definition) is 2. The molecule has 0 bridgehead atoms. The quantitative estimate of drug-likeness (QED) is 0.771. The van der Waals surface area contributed by atoms with Crippen molar-refractivity contribution in [1.29, 1.82) is 0 Å². The van der Waals surface area contributed by atoms with Gasteiger partial charge in [0.25, 0.3) is 0 Å². The molecule has 1 aliphatic rings.